The molecule has 0 bridgehead atoms. The van der Waals surface area contributed by atoms with Crippen LogP contribution in [0.25, 0.3) is 0 Å². The van der Waals surface area contributed by atoms with E-state index < -0.39 is 0 Å². The van der Waals surface area contributed by atoms with E-state index >= 15 is 0 Å². The fourth-order valence-electron chi connectivity index (χ4n) is 2.11. The van der Waals surface area contributed by atoms with Crippen LogP contribution in [0.15, 0.2) is 24.3 Å². The van der Waals surface area contributed by atoms with Crippen molar-refractivity contribution in [2.24, 2.45) is 0 Å². The predicted octanol–water partition coefficient (Wildman–Crippen LogP) is 2.00. The Morgan fingerprint density at radius 1 is 1.18 bits per heavy atom. The average Bonchev–Trinajstić information content (AvgIpc) is 2.46. The van der Waals surface area contributed by atoms with Crippen LogP contribution in [0, 0.1) is 0 Å². The molecule has 1 N–H and O–H groups in total. The first-order valence-corrected chi connectivity index (χ1v) is 7.60. The van der Waals surface area contributed by atoms with E-state index in [0.29, 0.717) is 19.5 Å². The van der Waals surface area contributed by atoms with Crippen LogP contribution >= 0.6 is 0 Å². The number of benzene rings is 1. The first-order valence-electron chi connectivity index (χ1n) is 7.60. The minimum Gasteiger partial charge on any atom is -0.497 e. The minimum atomic E-state index is -0.0225. The molecular formula is C17H26N2O3. The number of nitrogens with one attached hydrogen (secondary N) is 1. The van der Waals surface area contributed by atoms with Crippen LogP contribution in [0.2, 0.25) is 0 Å². The highest BCUT2D eigenvalue weighted by Gasteiger charge is 2.11. The number of rotatable bonds is 8. The van der Waals surface area contributed by atoms with Gasteiger partial charge in [0.2, 0.25) is 11.8 Å². The van der Waals surface area contributed by atoms with Crippen molar-refractivity contribution in [3.05, 3.63) is 29.8 Å². The van der Waals surface area contributed by atoms with Crippen molar-refractivity contribution in [1.29, 1.82) is 0 Å². The Labute approximate surface area is 132 Å². The SMILES string of the molecule is COc1ccc(CCN(CCC(=O)NC(C)C)C(C)=O)cc1. The van der Waals surface area contributed by atoms with Crippen molar-refractivity contribution in [2.75, 3.05) is 20.2 Å². The van der Waals surface area contributed by atoms with Crippen molar-refractivity contribution in [3.8, 4) is 5.75 Å². The molecule has 0 spiro atoms. The monoisotopic (exact) mass is 306 g/mol. The Morgan fingerprint density at radius 2 is 1.82 bits per heavy atom. The van der Waals surface area contributed by atoms with Crippen molar-refractivity contribution in [2.45, 2.75) is 39.7 Å². The highest BCUT2D eigenvalue weighted by molar-refractivity contribution is 5.78. The minimum absolute atomic E-state index is 0.00846. The molecule has 0 aromatic heterocycles. The summed E-state index contributed by atoms with van der Waals surface area (Å²) in [5.74, 6) is 0.786. The Balaban J connectivity index is 2.46. The van der Waals surface area contributed by atoms with Crippen LogP contribution in [-0.2, 0) is 16.0 Å². The number of ether oxygens (including phenoxy) is 1. The van der Waals surface area contributed by atoms with Crippen LogP contribution in [0.5, 0.6) is 5.75 Å². The summed E-state index contributed by atoms with van der Waals surface area (Å²) in [5.41, 5.74) is 1.14. The molecule has 0 saturated carbocycles. The molecule has 122 valence electrons. The van der Waals surface area contributed by atoms with Crippen LogP contribution in [0.4, 0.5) is 0 Å². The van der Waals surface area contributed by atoms with E-state index in [4.69, 9.17) is 4.74 Å². The molecule has 22 heavy (non-hydrogen) atoms. The Bertz CT molecular complexity index is 483. The molecule has 0 heterocycles. The third-order valence-corrected chi connectivity index (χ3v) is 3.33. The van der Waals surface area contributed by atoms with Gasteiger partial charge in [0.15, 0.2) is 0 Å². The zero-order chi connectivity index (χ0) is 16.5. The molecule has 0 atom stereocenters. The zero-order valence-electron chi connectivity index (χ0n) is 13.9. The third kappa shape index (κ3) is 6.61. The topological polar surface area (TPSA) is 58.6 Å². The van der Waals surface area contributed by atoms with Gasteiger partial charge >= 0.3 is 0 Å². The molecule has 0 saturated heterocycles. The van der Waals surface area contributed by atoms with Gasteiger partial charge in [-0.05, 0) is 38.0 Å². The van der Waals surface area contributed by atoms with Gasteiger partial charge in [-0.1, -0.05) is 12.1 Å². The van der Waals surface area contributed by atoms with E-state index in [9.17, 15) is 9.59 Å². The fourth-order valence-corrected chi connectivity index (χ4v) is 2.11. The van der Waals surface area contributed by atoms with Gasteiger partial charge in [-0.3, -0.25) is 9.59 Å². The summed E-state index contributed by atoms with van der Waals surface area (Å²) < 4.78 is 5.12. The molecule has 0 fully saturated rings. The lowest BCUT2D eigenvalue weighted by molar-refractivity contribution is -0.129. The number of hydrogen-bond acceptors (Lipinski definition) is 3. The molecule has 0 unspecified atom stereocenters. The van der Waals surface area contributed by atoms with Crippen LogP contribution in [-0.4, -0.2) is 43.0 Å². The molecule has 5 heteroatoms. The molecule has 5 nitrogen and oxygen atoms in total. The average molecular weight is 306 g/mol. The molecule has 1 aromatic carbocycles. The molecule has 0 aliphatic rings. The lowest BCUT2D eigenvalue weighted by Crippen LogP contribution is -2.37. The second kappa shape index (κ2) is 9.07. The fraction of sp³-hybridized carbons (Fsp3) is 0.529. The van der Waals surface area contributed by atoms with Gasteiger partial charge in [0, 0.05) is 32.5 Å². The van der Waals surface area contributed by atoms with Gasteiger partial charge in [0.05, 0.1) is 7.11 Å². The highest BCUT2D eigenvalue weighted by Crippen LogP contribution is 2.12. The number of methoxy groups -OCH3 is 1. The number of hydrogen-bond donors (Lipinski definition) is 1. The van der Waals surface area contributed by atoms with E-state index in [-0.39, 0.29) is 17.9 Å². The van der Waals surface area contributed by atoms with Gasteiger partial charge in [-0.25, -0.2) is 0 Å². The van der Waals surface area contributed by atoms with Gasteiger partial charge in [-0.15, -0.1) is 0 Å². The summed E-state index contributed by atoms with van der Waals surface area (Å²) in [7, 11) is 1.63. The molecule has 0 aliphatic heterocycles. The highest BCUT2D eigenvalue weighted by atomic mass is 16.5. The van der Waals surface area contributed by atoms with Gasteiger partial charge in [-0.2, -0.15) is 0 Å². The lowest BCUT2D eigenvalue weighted by Gasteiger charge is -2.21. The molecule has 0 aliphatic carbocycles. The number of carbonyl (C=O) groups excluding carboxylic acids is 2. The summed E-state index contributed by atoms with van der Waals surface area (Å²) in [5, 5.41) is 2.83. The van der Waals surface area contributed by atoms with E-state index in [1.165, 1.54) is 6.92 Å². The van der Waals surface area contributed by atoms with Crippen molar-refractivity contribution in [3.63, 3.8) is 0 Å². The van der Waals surface area contributed by atoms with Gasteiger partial charge in [0.25, 0.3) is 0 Å². The maximum absolute atomic E-state index is 11.7. The Kier molecular flexibility index (Phi) is 7.43. The zero-order valence-corrected chi connectivity index (χ0v) is 13.9. The number of carbonyl (C=O) groups is 2. The van der Waals surface area contributed by atoms with Gasteiger partial charge in [0.1, 0.15) is 5.75 Å². The van der Waals surface area contributed by atoms with Crippen LogP contribution in [0.1, 0.15) is 32.8 Å². The second-order valence-corrected chi connectivity index (χ2v) is 5.58. The van der Waals surface area contributed by atoms with E-state index in [2.05, 4.69) is 5.32 Å². The maximum Gasteiger partial charge on any atom is 0.221 e. The molecule has 1 rings (SSSR count). The normalized spacial score (nSPS) is 10.4. The first-order chi connectivity index (χ1) is 10.4. The van der Waals surface area contributed by atoms with Crippen LogP contribution < -0.4 is 10.1 Å². The summed E-state index contributed by atoms with van der Waals surface area (Å²) >= 11 is 0. The summed E-state index contributed by atoms with van der Waals surface area (Å²) in [4.78, 5) is 25.0. The van der Waals surface area contributed by atoms with E-state index in [1.807, 2.05) is 38.1 Å². The molecule has 1 aromatic rings. The van der Waals surface area contributed by atoms with E-state index in [0.717, 1.165) is 17.7 Å². The van der Waals surface area contributed by atoms with Crippen molar-refractivity contribution < 1.29 is 14.3 Å². The van der Waals surface area contributed by atoms with Gasteiger partial charge < -0.3 is 15.0 Å². The smallest absolute Gasteiger partial charge is 0.221 e. The quantitative estimate of drug-likeness (QED) is 0.799. The number of amides is 2. The van der Waals surface area contributed by atoms with Crippen LogP contribution in [0.3, 0.4) is 0 Å². The standard InChI is InChI=1S/C17H26N2O3/c1-13(2)18-17(21)10-12-19(14(3)20)11-9-15-5-7-16(22-4)8-6-15/h5-8,13H,9-12H2,1-4H3,(H,18,21). The number of nitrogens with zero attached hydrogens (tertiary/aromatic N) is 1. The Morgan fingerprint density at radius 3 is 2.32 bits per heavy atom. The second-order valence-electron chi connectivity index (χ2n) is 5.58. The summed E-state index contributed by atoms with van der Waals surface area (Å²) in [6.07, 6.45) is 1.09. The van der Waals surface area contributed by atoms with Crippen molar-refractivity contribution in [1.82, 2.24) is 10.2 Å². The summed E-state index contributed by atoms with van der Waals surface area (Å²) in [6, 6.07) is 7.91. The largest absolute Gasteiger partial charge is 0.497 e. The van der Waals surface area contributed by atoms with E-state index in [1.54, 1.807) is 12.0 Å². The first kappa shape index (κ1) is 18.0. The third-order valence-electron chi connectivity index (χ3n) is 3.33. The predicted molar refractivity (Wildman–Crippen MR) is 86.8 cm³/mol. The van der Waals surface area contributed by atoms with Crippen molar-refractivity contribution >= 4 is 11.8 Å². The lowest BCUT2D eigenvalue weighted by atomic mass is 10.1. The summed E-state index contributed by atoms with van der Waals surface area (Å²) in [6.45, 7) is 6.43. The molecule has 0 radical (unpaired) electrons. The Hall–Kier alpha value is -2.04. The molecule has 2 amide bonds. The maximum atomic E-state index is 11.7. The molecular weight excluding hydrogens is 280 g/mol.